The van der Waals surface area contributed by atoms with E-state index in [-0.39, 0.29) is 30.0 Å². The highest BCUT2D eigenvalue weighted by Crippen LogP contribution is 2.61. The molecule has 0 aliphatic carbocycles. The predicted octanol–water partition coefficient (Wildman–Crippen LogP) is 1.67. The minimum absolute atomic E-state index is 0.0120. The fourth-order valence-electron chi connectivity index (χ4n) is 5.39. The van der Waals surface area contributed by atoms with E-state index in [1.54, 1.807) is 26.8 Å². The van der Waals surface area contributed by atoms with Crippen LogP contribution in [0.2, 0.25) is 0 Å². The number of rotatable bonds is 10. The Morgan fingerprint density at radius 3 is 2.29 bits per heavy atom. The number of β-lactam (4-membered cyclic amide) rings is 1. The molecule has 4 rings (SSSR count). The van der Waals surface area contributed by atoms with E-state index in [9.17, 15) is 48.2 Å². The first-order valence-electron chi connectivity index (χ1n) is 12.4. The number of anilines is 1. The number of nitrogen functional groups attached to an aromatic ring is 1. The number of hydrogen-bond acceptors (Lipinski definition) is 9. The number of nitrogens with two attached hydrogens (primary N) is 2. The van der Waals surface area contributed by atoms with Crippen molar-refractivity contribution in [1.82, 2.24) is 4.90 Å². The van der Waals surface area contributed by atoms with Crippen molar-refractivity contribution in [3.8, 4) is 5.75 Å². The average Bonchev–Trinajstić information content (AvgIpc) is 3.00. The van der Waals surface area contributed by atoms with Gasteiger partial charge in [-0.2, -0.15) is 0 Å². The summed E-state index contributed by atoms with van der Waals surface area (Å²) in [5, 5.41) is 7.59. The number of amides is 1. The first-order valence-corrected chi connectivity index (χ1v) is 16.7. The fourth-order valence-corrected chi connectivity index (χ4v) is 9.61. The van der Waals surface area contributed by atoms with E-state index in [2.05, 4.69) is 0 Å². The fraction of sp³-hybridized carbons (Fsp3) is 0.458. The van der Waals surface area contributed by atoms with E-state index in [0.29, 0.717) is 16.3 Å². The molecule has 41 heavy (non-hydrogen) atoms. The van der Waals surface area contributed by atoms with Crippen molar-refractivity contribution >= 4 is 61.1 Å². The lowest BCUT2D eigenvalue weighted by Crippen LogP contribution is -2.75. The lowest BCUT2D eigenvalue weighted by Gasteiger charge is -2.47. The van der Waals surface area contributed by atoms with Gasteiger partial charge in [0, 0.05) is 0 Å². The van der Waals surface area contributed by atoms with Gasteiger partial charge in [-0.05, 0) is 56.0 Å². The van der Waals surface area contributed by atoms with Crippen molar-refractivity contribution < 1.29 is 52.9 Å². The minimum atomic E-state index is -5.10. The lowest BCUT2D eigenvalue weighted by molar-refractivity contribution is -0.171. The monoisotopic (exact) mass is 631 g/mol. The topological polar surface area (TPSA) is 251 Å². The van der Waals surface area contributed by atoms with Gasteiger partial charge in [0.25, 0.3) is 0 Å². The third-order valence-corrected chi connectivity index (χ3v) is 13.1. The SMILES string of the molecule is CCOc1c(N)cc2cc(CCC(P(=O)(O)O)P(=O)(O)O)ccc2c1C(=O)C1C(=O)N2C1SC(C)(C)C2(N)C(=O)O. The number of ether oxygens (including phenoxy) is 1. The zero-order valence-electron chi connectivity index (χ0n) is 22.3. The van der Waals surface area contributed by atoms with Crippen LogP contribution in [-0.4, -0.2) is 75.0 Å². The van der Waals surface area contributed by atoms with Gasteiger partial charge in [0.15, 0.2) is 16.9 Å². The average molecular weight is 632 g/mol. The molecule has 2 aromatic carbocycles. The van der Waals surface area contributed by atoms with Gasteiger partial charge in [0.05, 0.1) is 28.0 Å². The molecule has 2 fully saturated rings. The summed E-state index contributed by atoms with van der Waals surface area (Å²) in [4.78, 5) is 78.0. The molecular weight excluding hydrogens is 600 g/mol. The Bertz CT molecular complexity index is 1530. The molecule has 3 unspecified atom stereocenters. The van der Waals surface area contributed by atoms with Gasteiger partial charge in [-0.15, -0.1) is 11.8 Å². The number of ketones is 1. The van der Waals surface area contributed by atoms with Gasteiger partial charge >= 0.3 is 21.2 Å². The Kier molecular flexibility index (Phi) is 7.94. The number of nitrogens with zero attached hydrogens (tertiary/aromatic N) is 1. The van der Waals surface area contributed by atoms with Gasteiger partial charge in [0.1, 0.15) is 5.92 Å². The van der Waals surface area contributed by atoms with Crippen molar-refractivity contribution in [2.24, 2.45) is 11.7 Å². The van der Waals surface area contributed by atoms with Crippen molar-refractivity contribution in [1.29, 1.82) is 0 Å². The predicted molar refractivity (Wildman–Crippen MR) is 150 cm³/mol. The van der Waals surface area contributed by atoms with Crippen LogP contribution >= 0.6 is 27.0 Å². The molecule has 2 heterocycles. The number of carboxylic acids is 1. The zero-order valence-corrected chi connectivity index (χ0v) is 24.9. The maximum Gasteiger partial charge on any atom is 0.346 e. The van der Waals surface area contributed by atoms with E-state index in [1.807, 2.05) is 0 Å². The van der Waals surface area contributed by atoms with Crippen LogP contribution in [0.15, 0.2) is 24.3 Å². The van der Waals surface area contributed by atoms with Crippen LogP contribution in [0.4, 0.5) is 5.69 Å². The summed E-state index contributed by atoms with van der Waals surface area (Å²) in [7, 11) is -10.2. The number of thioether (sulfide) groups is 1. The molecule has 0 spiro atoms. The molecule has 2 saturated heterocycles. The summed E-state index contributed by atoms with van der Waals surface area (Å²) in [6.07, 6.45) is -0.616. The molecule has 3 atom stereocenters. The van der Waals surface area contributed by atoms with E-state index >= 15 is 0 Å². The molecule has 1 amide bonds. The van der Waals surface area contributed by atoms with Crippen LogP contribution in [0.25, 0.3) is 10.8 Å². The molecule has 0 saturated carbocycles. The largest absolute Gasteiger partial charge is 0.491 e. The molecule has 0 bridgehead atoms. The quantitative estimate of drug-likeness (QED) is 0.0648. The normalized spacial score (nSPS) is 23.9. The highest BCUT2D eigenvalue weighted by Gasteiger charge is 2.72. The standard InChI is InChI=1S/C24H31N3O11P2S/c1-4-38-19-14(25)10-12-9-11(6-8-15(39(32,33)34)40(35,36)37)5-7-13(12)16(19)18(28)17-20(29)27-21(17)41-23(2,3)24(27,26)22(30)31/h5,7,9-10,15,17,21H,4,6,8,25-26H2,1-3H3,(H,30,31)(H2,32,33,34)(H2,35,36,37). The summed E-state index contributed by atoms with van der Waals surface area (Å²) < 4.78 is 27.9. The molecule has 14 nitrogen and oxygen atoms in total. The summed E-state index contributed by atoms with van der Waals surface area (Å²) in [6, 6.07) is 6.13. The molecular formula is C24H31N3O11P2S. The Morgan fingerprint density at radius 1 is 1.15 bits per heavy atom. The van der Waals surface area contributed by atoms with Gasteiger partial charge < -0.3 is 35.2 Å². The number of aliphatic carboxylic acids is 1. The molecule has 2 aliphatic rings. The maximum atomic E-state index is 14.0. The second kappa shape index (κ2) is 10.4. The highest BCUT2D eigenvalue weighted by atomic mass is 32.2. The smallest absolute Gasteiger partial charge is 0.346 e. The van der Waals surface area contributed by atoms with Crippen molar-refractivity contribution in [2.45, 2.75) is 54.8 Å². The van der Waals surface area contributed by atoms with Crippen molar-refractivity contribution in [3.05, 3.63) is 35.4 Å². The lowest BCUT2D eigenvalue weighted by atomic mass is 9.82. The van der Waals surface area contributed by atoms with Crippen LogP contribution in [0, 0.1) is 5.92 Å². The van der Waals surface area contributed by atoms with Crippen LogP contribution in [0.1, 0.15) is 43.1 Å². The number of benzene rings is 2. The third kappa shape index (κ3) is 5.08. The Hall–Kier alpha value is -2.48. The van der Waals surface area contributed by atoms with Crippen LogP contribution < -0.4 is 16.2 Å². The van der Waals surface area contributed by atoms with E-state index in [4.69, 9.17) is 16.2 Å². The number of aryl methyl sites for hydroxylation is 1. The summed E-state index contributed by atoms with van der Waals surface area (Å²) in [5.41, 5.74) is 11.0. The molecule has 2 aromatic rings. The number of carbonyl (C=O) groups excluding carboxylic acids is 2. The molecule has 2 aliphatic heterocycles. The Labute approximate surface area is 238 Å². The zero-order chi connectivity index (χ0) is 30.9. The number of carbonyl (C=O) groups is 3. The van der Waals surface area contributed by atoms with E-state index in [1.165, 1.54) is 18.2 Å². The van der Waals surface area contributed by atoms with Crippen LogP contribution in [0.5, 0.6) is 5.75 Å². The van der Waals surface area contributed by atoms with Gasteiger partial charge in [-0.25, -0.2) is 4.79 Å². The molecule has 0 radical (unpaired) electrons. The van der Waals surface area contributed by atoms with E-state index in [0.717, 1.165) is 16.7 Å². The molecule has 224 valence electrons. The van der Waals surface area contributed by atoms with E-state index < -0.39 is 66.4 Å². The second-order valence-electron chi connectivity index (χ2n) is 10.5. The third-order valence-electron chi connectivity index (χ3n) is 7.55. The van der Waals surface area contributed by atoms with Crippen molar-refractivity contribution in [3.63, 3.8) is 0 Å². The number of Topliss-reactive ketones (excluding diaryl/α,β-unsaturated/α-hetero) is 1. The number of carboxylic acid groups (broad SMARTS) is 1. The summed E-state index contributed by atoms with van der Waals surface area (Å²) in [5.74, 6) is -3.97. The molecule has 17 heteroatoms. The Morgan fingerprint density at radius 2 is 1.76 bits per heavy atom. The van der Waals surface area contributed by atoms with Crippen LogP contribution in [0.3, 0.4) is 0 Å². The summed E-state index contributed by atoms with van der Waals surface area (Å²) in [6.45, 7) is 5.00. The van der Waals surface area contributed by atoms with Gasteiger partial charge in [0.2, 0.25) is 11.6 Å². The first-order chi connectivity index (χ1) is 18.8. The maximum absolute atomic E-state index is 14.0. The first kappa shape index (κ1) is 31.5. The van der Waals surface area contributed by atoms with Crippen LogP contribution in [-0.2, 0) is 25.1 Å². The summed E-state index contributed by atoms with van der Waals surface area (Å²) >= 11 is 1.11. The Balaban J connectivity index is 1.74. The number of hydrogen-bond donors (Lipinski definition) is 7. The molecule has 9 N–H and O–H groups in total. The van der Waals surface area contributed by atoms with Crippen molar-refractivity contribution in [2.75, 3.05) is 12.3 Å². The second-order valence-corrected chi connectivity index (χ2v) is 16.2. The highest BCUT2D eigenvalue weighted by molar-refractivity contribution is 8.01. The van der Waals surface area contributed by atoms with Gasteiger partial charge in [-0.3, -0.25) is 29.4 Å². The minimum Gasteiger partial charge on any atom is -0.491 e. The van der Waals surface area contributed by atoms with Gasteiger partial charge in [-0.1, -0.05) is 18.2 Å². The molecule has 0 aromatic heterocycles. The number of fused-ring (bicyclic) bond motifs is 2.